The maximum atomic E-state index is 14.2. The Balaban J connectivity index is 2.21. The molecule has 0 bridgehead atoms. The predicted molar refractivity (Wildman–Crippen MR) is 102 cm³/mol. The molecule has 6 N–H and O–H groups in total. The van der Waals surface area contributed by atoms with Crippen LogP contribution < -0.4 is 16.8 Å². The molecule has 160 valence electrons. The fourth-order valence-corrected chi connectivity index (χ4v) is 2.57. The highest BCUT2D eigenvalue weighted by Crippen LogP contribution is 2.32. The standard InChI is InChI=1S/C18H18F4N6O2/c1-8(10-4-3-9(5-12(10)19)18(20,21)22)28(2)17(30)16(29)27-13-7-26-15(25)11(6-23)14(13)24/h3-8,23H,1-2H3,(H,27,29)(H4,24,25,26)/t8-/m1/s1. The van der Waals surface area contributed by atoms with Crippen LogP contribution in [-0.2, 0) is 15.8 Å². The Morgan fingerprint density at radius 2 is 1.93 bits per heavy atom. The molecule has 0 saturated carbocycles. The third-order valence-electron chi connectivity index (χ3n) is 4.45. The van der Waals surface area contributed by atoms with Crippen LogP contribution in [0.25, 0.3) is 0 Å². The van der Waals surface area contributed by atoms with Crippen molar-refractivity contribution in [1.82, 2.24) is 9.88 Å². The van der Waals surface area contributed by atoms with Crippen LogP contribution in [0.2, 0.25) is 0 Å². The molecule has 8 nitrogen and oxygen atoms in total. The molecule has 1 heterocycles. The Kier molecular flexibility index (Phi) is 6.29. The molecule has 1 aromatic heterocycles. The lowest BCUT2D eigenvalue weighted by molar-refractivity contribution is -0.143. The van der Waals surface area contributed by atoms with Crippen molar-refractivity contribution in [2.75, 3.05) is 23.8 Å². The molecular formula is C18H18F4N6O2. The van der Waals surface area contributed by atoms with Gasteiger partial charge in [-0.05, 0) is 19.1 Å². The van der Waals surface area contributed by atoms with Crippen molar-refractivity contribution in [3.8, 4) is 0 Å². The van der Waals surface area contributed by atoms with Crippen LogP contribution in [0.5, 0.6) is 0 Å². The van der Waals surface area contributed by atoms with Crippen LogP contribution in [0, 0.1) is 11.2 Å². The Bertz CT molecular complexity index is 1010. The summed E-state index contributed by atoms with van der Waals surface area (Å²) in [5.74, 6) is -3.46. The van der Waals surface area contributed by atoms with Gasteiger partial charge in [0.15, 0.2) is 0 Å². The summed E-state index contributed by atoms with van der Waals surface area (Å²) >= 11 is 0. The number of benzene rings is 1. The van der Waals surface area contributed by atoms with Crippen molar-refractivity contribution in [2.45, 2.75) is 19.1 Å². The zero-order chi connectivity index (χ0) is 22.8. The Morgan fingerprint density at radius 3 is 2.47 bits per heavy atom. The fraction of sp³-hybridized carbons (Fsp3) is 0.222. The maximum Gasteiger partial charge on any atom is 0.416 e. The fourth-order valence-electron chi connectivity index (χ4n) is 2.57. The van der Waals surface area contributed by atoms with Gasteiger partial charge >= 0.3 is 18.0 Å². The smallest absolute Gasteiger partial charge is 0.396 e. The molecule has 2 rings (SSSR count). The largest absolute Gasteiger partial charge is 0.416 e. The van der Waals surface area contributed by atoms with Crippen molar-refractivity contribution in [3.63, 3.8) is 0 Å². The Morgan fingerprint density at radius 1 is 1.30 bits per heavy atom. The van der Waals surface area contributed by atoms with E-state index in [1.54, 1.807) is 0 Å². The average molecular weight is 426 g/mol. The van der Waals surface area contributed by atoms with Crippen LogP contribution in [0.15, 0.2) is 24.4 Å². The number of nitrogens with two attached hydrogens (primary N) is 2. The lowest BCUT2D eigenvalue weighted by atomic mass is 10.0. The van der Waals surface area contributed by atoms with E-state index in [0.717, 1.165) is 23.4 Å². The second kappa shape index (κ2) is 8.35. The molecule has 0 saturated heterocycles. The van der Waals surface area contributed by atoms with Crippen molar-refractivity contribution >= 4 is 35.2 Å². The highest BCUT2D eigenvalue weighted by molar-refractivity contribution is 6.39. The molecule has 2 aromatic rings. The van der Waals surface area contributed by atoms with E-state index in [1.165, 1.54) is 14.0 Å². The van der Waals surface area contributed by atoms with Crippen LogP contribution in [0.4, 0.5) is 34.8 Å². The number of halogens is 4. The van der Waals surface area contributed by atoms with Gasteiger partial charge in [-0.15, -0.1) is 0 Å². The summed E-state index contributed by atoms with van der Waals surface area (Å²) in [7, 11) is 1.19. The number of likely N-dealkylation sites (N-methyl/N-ethyl adjacent to an activating group) is 1. The zero-order valence-electron chi connectivity index (χ0n) is 15.8. The highest BCUT2D eigenvalue weighted by Gasteiger charge is 2.32. The molecule has 0 unspecified atom stereocenters. The van der Waals surface area contributed by atoms with Gasteiger partial charge in [0.1, 0.15) is 11.6 Å². The highest BCUT2D eigenvalue weighted by atomic mass is 19.4. The molecule has 1 atom stereocenters. The van der Waals surface area contributed by atoms with Crippen molar-refractivity contribution < 1.29 is 27.2 Å². The summed E-state index contributed by atoms with van der Waals surface area (Å²) < 4.78 is 52.3. The van der Waals surface area contributed by atoms with Crippen LogP contribution in [0.1, 0.15) is 29.7 Å². The van der Waals surface area contributed by atoms with E-state index < -0.39 is 35.4 Å². The molecule has 0 aliphatic rings. The van der Waals surface area contributed by atoms with Crippen molar-refractivity contribution in [2.24, 2.45) is 0 Å². The van der Waals surface area contributed by atoms with Crippen molar-refractivity contribution in [1.29, 1.82) is 5.41 Å². The minimum atomic E-state index is -4.72. The van der Waals surface area contributed by atoms with Crippen molar-refractivity contribution in [3.05, 3.63) is 46.9 Å². The Hall–Kier alpha value is -3.70. The number of nitrogens with zero attached hydrogens (tertiary/aromatic N) is 2. The van der Waals surface area contributed by atoms with E-state index >= 15 is 0 Å². The van der Waals surface area contributed by atoms with Crippen LogP contribution in [0.3, 0.4) is 0 Å². The number of carbonyl (C=O) groups excluding carboxylic acids is 2. The Labute approximate surface area is 168 Å². The average Bonchev–Trinajstić information content (AvgIpc) is 2.68. The summed E-state index contributed by atoms with van der Waals surface area (Å²) in [6.45, 7) is 1.35. The topological polar surface area (TPSA) is 138 Å². The molecule has 0 aliphatic heterocycles. The number of pyridine rings is 1. The second-order valence-corrected chi connectivity index (χ2v) is 6.31. The number of anilines is 3. The van der Waals surface area contributed by atoms with Gasteiger partial charge < -0.3 is 27.1 Å². The first-order valence-corrected chi connectivity index (χ1v) is 8.37. The number of alkyl halides is 3. The summed E-state index contributed by atoms with van der Waals surface area (Å²) in [5, 5.41) is 9.49. The number of carbonyl (C=O) groups is 2. The number of amides is 2. The minimum absolute atomic E-state index is 0.0460. The molecule has 2 amide bonds. The number of nitrogen functional groups attached to an aromatic ring is 2. The maximum absolute atomic E-state index is 14.2. The van der Waals surface area contributed by atoms with E-state index in [-0.39, 0.29) is 28.3 Å². The van der Waals surface area contributed by atoms with Gasteiger partial charge in [0.05, 0.1) is 34.7 Å². The van der Waals surface area contributed by atoms with Gasteiger partial charge in [0.2, 0.25) is 0 Å². The number of rotatable bonds is 4. The third-order valence-corrected chi connectivity index (χ3v) is 4.45. The van der Waals surface area contributed by atoms with Gasteiger partial charge in [-0.2, -0.15) is 13.2 Å². The summed E-state index contributed by atoms with van der Waals surface area (Å²) in [6.07, 6.45) is -2.79. The SMILES string of the molecule is C[C@H](c1ccc(C(F)(F)F)cc1F)N(C)C(=O)C(=O)Nc1cnc(N)c(C=N)c1N. The first-order chi connectivity index (χ1) is 13.9. The molecule has 0 aliphatic carbocycles. The number of aromatic nitrogens is 1. The van der Waals surface area contributed by atoms with E-state index in [0.29, 0.717) is 12.1 Å². The van der Waals surface area contributed by atoms with Gasteiger partial charge in [-0.25, -0.2) is 9.37 Å². The van der Waals surface area contributed by atoms with Gasteiger partial charge in [0.25, 0.3) is 0 Å². The van der Waals surface area contributed by atoms with Crippen LogP contribution in [-0.4, -0.2) is 35.0 Å². The molecule has 0 fully saturated rings. The zero-order valence-corrected chi connectivity index (χ0v) is 15.8. The van der Waals surface area contributed by atoms with Gasteiger partial charge in [0, 0.05) is 18.8 Å². The van der Waals surface area contributed by atoms with E-state index in [1.807, 2.05) is 0 Å². The molecule has 12 heteroatoms. The van der Waals surface area contributed by atoms with Gasteiger partial charge in [-0.1, -0.05) is 6.07 Å². The number of nitrogens with one attached hydrogen (secondary N) is 2. The lowest BCUT2D eigenvalue weighted by Gasteiger charge is -2.25. The predicted octanol–water partition coefficient (Wildman–Crippen LogP) is 2.56. The molecule has 30 heavy (non-hydrogen) atoms. The lowest BCUT2D eigenvalue weighted by Crippen LogP contribution is -2.39. The minimum Gasteiger partial charge on any atom is -0.396 e. The quantitative estimate of drug-likeness (QED) is 0.338. The van der Waals surface area contributed by atoms with Gasteiger partial charge in [-0.3, -0.25) is 9.59 Å². The second-order valence-electron chi connectivity index (χ2n) is 6.31. The number of hydrogen-bond donors (Lipinski definition) is 4. The summed E-state index contributed by atoms with van der Waals surface area (Å²) in [4.78, 5) is 29.3. The summed E-state index contributed by atoms with van der Waals surface area (Å²) in [5.41, 5.74) is 9.88. The number of hydrogen-bond acceptors (Lipinski definition) is 6. The first-order valence-electron chi connectivity index (χ1n) is 8.37. The van der Waals surface area contributed by atoms with E-state index in [9.17, 15) is 27.2 Å². The molecule has 0 radical (unpaired) electrons. The van der Waals surface area contributed by atoms with E-state index in [4.69, 9.17) is 16.9 Å². The molecule has 1 aromatic carbocycles. The third kappa shape index (κ3) is 4.47. The summed E-state index contributed by atoms with van der Waals surface area (Å²) in [6, 6.07) is 0.865. The molecule has 0 spiro atoms. The molecular weight excluding hydrogens is 408 g/mol. The van der Waals surface area contributed by atoms with Crippen LogP contribution >= 0.6 is 0 Å². The van der Waals surface area contributed by atoms with E-state index in [2.05, 4.69) is 10.3 Å². The monoisotopic (exact) mass is 426 g/mol. The first kappa shape index (κ1) is 22.6. The normalized spacial score (nSPS) is 12.2.